The van der Waals surface area contributed by atoms with Gasteiger partial charge in [0.25, 0.3) is 0 Å². The van der Waals surface area contributed by atoms with Crippen molar-refractivity contribution in [1.82, 2.24) is 15.1 Å². The minimum Gasteiger partial charge on any atom is -0.396 e. The van der Waals surface area contributed by atoms with Gasteiger partial charge in [0, 0.05) is 26.7 Å². The summed E-state index contributed by atoms with van der Waals surface area (Å²) in [6, 6.07) is 2.10. The first-order chi connectivity index (χ1) is 7.94. The summed E-state index contributed by atoms with van der Waals surface area (Å²) in [4.78, 5) is 0. The van der Waals surface area contributed by atoms with E-state index in [1.807, 2.05) is 18.7 Å². The second-order valence-electron chi connectivity index (χ2n) is 5.50. The first-order valence-electron chi connectivity index (χ1n) is 6.26. The van der Waals surface area contributed by atoms with Gasteiger partial charge in [0.1, 0.15) is 0 Å². The molecule has 1 aromatic heterocycles. The molecule has 0 atom stereocenters. The van der Waals surface area contributed by atoms with E-state index in [1.165, 1.54) is 5.69 Å². The Morgan fingerprint density at radius 3 is 2.71 bits per heavy atom. The van der Waals surface area contributed by atoms with Crippen LogP contribution in [0.25, 0.3) is 0 Å². The summed E-state index contributed by atoms with van der Waals surface area (Å²) in [7, 11) is 1.97. The summed E-state index contributed by atoms with van der Waals surface area (Å²) in [5, 5.41) is 16.6. The Morgan fingerprint density at radius 1 is 1.47 bits per heavy atom. The van der Waals surface area contributed by atoms with E-state index in [0.717, 1.165) is 31.6 Å². The van der Waals surface area contributed by atoms with Crippen molar-refractivity contribution in [3.63, 3.8) is 0 Å². The van der Waals surface area contributed by atoms with Crippen LogP contribution in [0.2, 0.25) is 0 Å². The van der Waals surface area contributed by atoms with Gasteiger partial charge in [-0.05, 0) is 31.2 Å². The average Bonchev–Trinajstić information content (AvgIpc) is 2.55. The summed E-state index contributed by atoms with van der Waals surface area (Å²) < 4.78 is 1.92. The molecule has 1 aromatic rings. The number of hydrogen-bond acceptors (Lipinski definition) is 3. The molecule has 0 bridgehead atoms. The lowest BCUT2D eigenvalue weighted by atomic mass is 9.88. The van der Waals surface area contributed by atoms with Crippen molar-refractivity contribution in [3.8, 4) is 0 Å². The van der Waals surface area contributed by atoms with E-state index < -0.39 is 0 Å². The van der Waals surface area contributed by atoms with Crippen LogP contribution in [0.3, 0.4) is 0 Å². The Balaban J connectivity index is 2.34. The summed E-state index contributed by atoms with van der Waals surface area (Å²) in [6.07, 6.45) is 1.92. The zero-order valence-corrected chi connectivity index (χ0v) is 11.5. The highest BCUT2D eigenvalue weighted by molar-refractivity contribution is 5.08. The molecular weight excluding hydrogens is 214 g/mol. The van der Waals surface area contributed by atoms with Crippen molar-refractivity contribution in [2.45, 2.75) is 40.2 Å². The predicted molar refractivity (Wildman–Crippen MR) is 69.8 cm³/mol. The summed E-state index contributed by atoms with van der Waals surface area (Å²) in [5.74, 6) is 0. The second-order valence-corrected chi connectivity index (χ2v) is 5.50. The maximum atomic E-state index is 8.84. The maximum absolute atomic E-state index is 8.84. The molecule has 4 nitrogen and oxygen atoms in total. The summed E-state index contributed by atoms with van der Waals surface area (Å²) in [5.41, 5.74) is 2.50. The Labute approximate surface area is 104 Å². The van der Waals surface area contributed by atoms with Crippen LogP contribution < -0.4 is 5.32 Å². The molecule has 0 unspecified atom stereocenters. The third kappa shape index (κ3) is 4.88. The molecule has 0 radical (unpaired) electrons. The van der Waals surface area contributed by atoms with Crippen molar-refractivity contribution >= 4 is 0 Å². The van der Waals surface area contributed by atoms with Crippen LogP contribution >= 0.6 is 0 Å². The van der Waals surface area contributed by atoms with Crippen LogP contribution in [-0.2, 0) is 13.6 Å². The minimum absolute atomic E-state index is 0.233. The number of nitrogens with zero attached hydrogens (tertiary/aromatic N) is 2. The zero-order chi connectivity index (χ0) is 12.9. The standard InChI is InChI=1S/C13H25N3O/c1-11-8-12(16(4)15-11)9-14-10-13(2,3)6-5-7-17/h8,14,17H,5-7,9-10H2,1-4H3. The van der Waals surface area contributed by atoms with Gasteiger partial charge in [-0.2, -0.15) is 5.10 Å². The van der Waals surface area contributed by atoms with E-state index in [-0.39, 0.29) is 12.0 Å². The lowest BCUT2D eigenvalue weighted by molar-refractivity contribution is 0.236. The third-order valence-electron chi connectivity index (χ3n) is 3.02. The van der Waals surface area contributed by atoms with Gasteiger partial charge in [0.15, 0.2) is 0 Å². The van der Waals surface area contributed by atoms with Crippen LogP contribution in [0.5, 0.6) is 0 Å². The van der Waals surface area contributed by atoms with Gasteiger partial charge in [-0.25, -0.2) is 0 Å². The van der Waals surface area contributed by atoms with E-state index in [9.17, 15) is 0 Å². The summed E-state index contributed by atoms with van der Waals surface area (Å²) >= 11 is 0. The number of aryl methyl sites for hydroxylation is 2. The van der Waals surface area contributed by atoms with Crippen molar-refractivity contribution < 1.29 is 5.11 Å². The normalized spacial score (nSPS) is 12.1. The quantitative estimate of drug-likeness (QED) is 0.760. The van der Waals surface area contributed by atoms with E-state index in [1.54, 1.807) is 0 Å². The first-order valence-corrected chi connectivity index (χ1v) is 6.26. The van der Waals surface area contributed by atoms with Gasteiger partial charge >= 0.3 is 0 Å². The molecule has 0 aliphatic rings. The molecule has 17 heavy (non-hydrogen) atoms. The third-order valence-corrected chi connectivity index (χ3v) is 3.02. The van der Waals surface area contributed by atoms with Gasteiger partial charge in [-0.3, -0.25) is 4.68 Å². The van der Waals surface area contributed by atoms with Crippen LogP contribution in [0.4, 0.5) is 0 Å². The van der Waals surface area contributed by atoms with Gasteiger partial charge in [-0.15, -0.1) is 0 Å². The fourth-order valence-electron chi connectivity index (χ4n) is 2.00. The molecular formula is C13H25N3O. The number of aromatic nitrogens is 2. The largest absolute Gasteiger partial charge is 0.396 e. The van der Waals surface area contributed by atoms with E-state index in [2.05, 4.69) is 30.3 Å². The molecule has 2 N–H and O–H groups in total. The van der Waals surface area contributed by atoms with Crippen molar-refractivity contribution in [1.29, 1.82) is 0 Å². The lowest BCUT2D eigenvalue weighted by Crippen LogP contribution is -2.29. The highest BCUT2D eigenvalue weighted by atomic mass is 16.2. The molecule has 1 heterocycles. The van der Waals surface area contributed by atoms with Crippen molar-refractivity contribution in [3.05, 3.63) is 17.5 Å². The Morgan fingerprint density at radius 2 is 2.18 bits per heavy atom. The smallest absolute Gasteiger partial charge is 0.0597 e. The van der Waals surface area contributed by atoms with E-state index >= 15 is 0 Å². The SMILES string of the molecule is Cc1cc(CNCC(C)(C)CCCO)n(C)n1. The molecule has 0 saturated heterocycles. The molecule has 0 fully saturated rings. The van der Waals surface area contributed by atoms with Crippen LogP contribution in [0.15, 0.2) is 6.07 Å². The molecule has 0 aliphatic carbocycles. The number of aliphatic hydroxyl groups is 1. The van der Waals surface area contributed by atoms with Crippen molar-refractivity contribution in [2.75, 3.05) is 13.2 Å². The Kier molecular flexibility index (Phi) is 5.15. The second kappa shape index (κ2) is 6.17. The topological polar surface area (TPSA) is 50.1 Å². The van der Waals surface area contributed by atoms with Crippen LogP contribution in [-0.4, -0.2) is 28.0 Å². The van der Waals surface area contributed by atoms with E-state index in [0.29, 0.717) is 0 Å². The molecule has 0 aliphatic heterocycles. The van der Waals surface area contributed by atoms with Gasteiger partial charge < -0.3 is 10.4 Å². The highest BCUT2D eigenvalue weighted by Crippen LogP contribution is 2.20. The number of hydrogen-bond donors (Lipinski definition) is 2. The molecule has 98 valence electrons. The highest BCUT2D eigenvalue weighted by Gasteiger charge is 2.16. The monoisotopic (exact) mass is 239 g/mol. The van der Waals surface area contributed by atoms with E-state index in [4.69, 9.17) is 5.11 Å². The average molecular weight is 239 g/mol. The van der Waals surface area contributed by atoms with Gasteiger partial charge in [0.2, 0.25) is 0 Å². The van der Waals surface area contributed by atoms with Crippen molar-refractivity contribution in [2.24, 2.45) is 12.5 Å². The maximum Gasteiger partial charge on any atom is 0.0597 e. The minimum atomic E-state index is 0.233. The molecule has 0 amide bonds. The predicted octanol–water partition coefficient (Wildman–Crippen LogP) is 1.62. The van der Waals surface area contributed by atoms with Gasteiger partial charge in [-0.1, -0.05) is 13.8 Å². The Bertz CT molecular complexity index is 344. The van der Waals surface area contributed by atoms with Crippen LogP contribution in [0, 0.1) is 12.3 Å². The number of rotatable bonds is 7. The molecule has 1 rings (SSSR count). The first kappa shape index (κ1) is 14.2. The zero-order valence-electron chi connectivity index (χ0n) is 11.5. The molecule has 0 aromatic carbocycles. The number of nitrogens with one attached hydrogen (secondary N) is 1. The number of aliphatic hydroxyl groups excluding tert-OH is 1. The van der Waals surface area contributed by atoms with Crippen LogP contribution in [0.1, 0.15) is 38.1 Å². The fraction of sp³-hybridized carbons (Fsp3) is 0.769. The Hall–Kier alpha value is -0.870. The molecule has 0 spiro atoms. The molecule has 0 saturated carbocycles. The lowest BCUT2D eigenvalue weighted by Gasteiger charge is -2.24. The fourth-order valence-corrected chi connectivity index (χ4v) is 2.00. The molecule has 4 heteroatoms. The van der Waals surface area contributed by atoms with Gasteiger partial charge in [0.05, 0.1) is 11.4 Å². The summed E-state index contributed by atoms with van der Waals surface area (Å²) in [6.45, 7) is 8.55.